The molecule has 0 fully saturated rings. The molecule has 3 aromatic rings. The van der Waals surface area contributed by atoms with Gasteiger partial charge in [-0.2, -0.15) is 0 Å². The molecule has 0 radical (unpaired) electrons. The lowest BCUT2D eigenvalue weighted by Crippen LogP contribution is -2.05. The van der Waals surface area contributed by atoms with E-state index in [0.29, 0.717) is 16.0 Å². The van der Waals surface area contributed by atoms with Gasteiger partial charge in [-0.05, 0) is 42.1 Å². The van der Waals surface area contributed by atoms with Gasteiger partial charge in [0.05, 0.1) is 16.7 Å². The van der Waals surface area contributed by atoms with E-state index in [9.17, 15) is 0 Å². The Morgan fingerprint density at radius 3 is 2.70 bits per heavy atom. The minimum Gasteiger partial charge on any atom is -0.336 e. The summed E-state index contributed by atoms with van der Waals surface area (Å²) in [6, 6.07) is 9.07. The first-order chi connectivity index (χ1) is 9.69. The van der Waals surface area contributed by atoms with Gasteiger partial charge in [0.2, 0.25) is 0 Å². The third-order valence-electron chi connectivity index (χ3n) is 2.87. The van der Waals surface area contributed by atoms with Crippen LogP contribution in [-0.4, -0.2) is 15.0 Å². The van der Waals surface area contributed by atoms with Crippen LogP contribution in [0.25, 0.3) is 11.0 Å². The van der Waals surface area contributed by atoms with Crippen molar-refractivity contribution in [3.05, 3.63) is 40.5 Å². The van der Waals surface area contributed by atoms with E-state index in [-0.39, 0.29) is 0 Å². The van der Waals surface area contributed by atoms with Crippen molar-refractivity contribution in [2.24, 2.45) is 0 Å². The van der Waals surface area contributed by atoms with Crippen molar-refractivity contribution in [3.8, 4) is 0 Å². The number of rotatable bonds is 0. The fourth-order valence-electron chi connectivity index (χ4n) is 1.97. The number of nitrogens with one attached hydrogen (secondary N) is 1. The van der Waals surface area contributed by atoms with E-state index in [4.69, 9.17) is 23.2 Å². The Balaban J connectivity index is 1.89. The zero-order chi connectivity index (χ0) is 13.7. The third-order valence-corrected chi connectivity index (χ3v) is 4.30. The van der Waals surface area contributed by atoms with Gasteiger partial charge in [0.15, 0.2) is 5.82 Å². The molecule has 4 nitrogen and oxygen atoms in total. The molecule has 7 heteroatoms. The van der Waals surface area contributed by atoms with Gasteiger partial charge in [0.25, 0.3) is 0 Å². The summed E-state index contributed by atoms with van der Waals surface area (Å²) in [7, 11) is 0. The van der Waals surface area contributed by atoms with Crippen molar-refractivity contribution in [2.75, 3.05) is 5.32 Å². The Morgan fingerprint density at radius 1 is 0.900 bits per heavy atom. The molecule has 3 heterocycles. The number of aromatic nitrogens is 3. The van der Waals surface area contributed by atoms with E-state index in [0.717, 1.165) is 26.8 Å². The lowest BCUT2D eigenvalue weighted by Gasteiger charge is -2.18. The lowest BCUT2D eigenvalue weighted by atomic mass is 10.3. The largest absolute Gasteiger partial charge is 0.336 e. The lowest BCUT2D eigenvalue weighted by molar-refractivity contribution is 1.05. The van der Waals surface area contributed by atoms with Crippen LogP contribution in [-0.2, 0) is 0 Å². The molecule has 0 spiro atoms. The fourth-order valence-corrected chi connectivity index (χ4v) is 3.23. The van der Waals surface area contributed by atoms with Crippen molar-refractivity contribution in [2.45, 2.75) is 10.1 Å². The summed E-state index contributed by atoms with van der Waals surface area (Å²) in [4.78, 5) is 13.4. The van der Waals surface area contributed by atoms with Crippen molar-refractivity contribution >= 4 is 57.5 Å². The molecular formula is C13H6Cl2N4S. The summed E-state index contributed by atoms with van der Waals surface area (Å²) in [6.45, 7) is 0. The molecule has 0 unspecified atom stereocenters. The molecule has 1 aliphatic rings. The maximum absolute atomic E-state index is 5.98. The standard InChI is InChI=1S/C13H6Cl2N4S/c14-6-1-2-7-9(5-6)17-11-13(18-7)20-12-8(16-11)3-4-10(15)19-12/h1-5H,(H,16,17). The van der Waals surface area contributed by atoms with Crippen LogP contribution >= 0.6 is 35.0 Å². The summed E-state index contributed by atoms with van der Waals surface area (Å²) in [6.07, 6.45) is 0. The van der Waals surface area contributed by atoms with Gasteiger partial charge in [-0.15, -0.1) is 0 Å². The second kappa shape index (κ2) is 4.48. The van der Waals surface area contributed by atoms with Gasteiger partial charge in [-0.3, -0.25) is 0 Å². The Morgan fingerprint density at radius 2 is 1.80 bits per heavy atom. The Hall–Kier alpha value is -1.56. The van der Waals surface area contributed by atoms with E-state index in [1.54, 1.807) is 18.2 Å². The number of fused-ring (bicyclic) bond motifs is 3. The van der Waals surface area contributed by atoms with Gasteiger partial charge in [0.1, 0.15) is 15.2 Å². The SMILES string of the molecule is Clc1ccc2nc3c(nc2c1)Nc1ccc(Cl)nc1S3. The quantitative estimate of drug-likeness (QED) is 0.482. The van der Waals surface area contributed by atoms with Crippen molar-refractivity contribution < 1.29 is 0 Å². The predicted molar refractivity (Wildman–Crippen MR) is 81.2 cm³/mol. The van der Waals surface area contributed by atoms with Crippen LogP contribution in [0.5, 0.6) is 0 Å². The highest BCUT2D eigenvalue weighted by molar-refractivity contribution is 7.99. The number of anilines is 2. The van der Waals surface area contributed by atoms with Crippen LogP contribution in [0.1, 0.15) is 0 Å². The molecule has 0 amide bonds. The average molecular weight is 321 g/mol. The smallest absolute Gasteiger partial charge is 0.164 e. The van der Waals surface area contributed by atoms with Gasteiger partial charge in [-0.25, -0.2) is 15.0 Å². The minimum absolute atomic E-state index is 0.460. The first kappa shape index (κ1) is 12.2. The first-order valence-corrected chi connectivity index (χ1v) is 7.35. The maximum atomic E-state index is 5.98. The molecule has 0 saturated carbocycles. The second-order valence-electron chi connectivity index (χ2n) is 4.22. The van der Waals surface area contributed by atoms with Crippen LogP contribution < -0.4 is 5.32 Å². The Labute approximate surface area is 128 Å². The molecule has 0 atom stereocenters. The zero-order valence-corrected chi connectivity index (χ0v) is 12.2. The van der Waals surface area contributed by atoms with Crippen LogP contribution in [0.3, 0.4) is 0 Å². The molecule has 0 aliphatic carbocycles. The van der Waals surface area contributed by atoms with Crippen molar-refractivity contribution in [1.82, 2.24) is 15.0 Å². The summed E-state index contributed by atoms with van der Waals surface area (Å²) < 4.78 is 0. The highest BCUT2D eigenvalue weighted by Gasteiger charge is 2.20. The molecule has 2 aromatic heterocycles. The van der Waals surface area contributed by atoms with Gasteiger partial charge < -0.3 is 5.32 Å². The average Bonchev–Trinajstić information content (AvgIpc) is 2.43. The van der Waals surface area contributed by atoms with Crippen molar-refractivity contribution in [3.63, 3.8) is 0 Å². The van der Waals surface area contributed by atoms with Crippen LogP contribution in [0.2, 0.25) is 10.2 Å². The molecule has 98 valence electrons. The Bertz CT molecular complexity index is 853. The topological polar surface area (TPSA) is 50.7 Å². The molecule has 1 aromatic carbocycles. The van der Waals surface area contributed by atoms with E-state index in [2.05, 4.69) is 20.3 Å². The number of hydrogen-bond donors (Lipinski definition) is 1. The number of pyridine rings is 1. The van der Waals surface area contributed by atoms with Gasteiger partial charge in [0, 0.05) is 5.02 Å². The van der Waals surface area contributed by atoms with Crippen LogP contribution in [0.4, 0.5) is 11.5 Å². The van der Waals surface area contributed by atoms with Crippen molar-refractivity contribution in [1.29, 1.82) is 0 Å². The molecule has 4 rings (SSSR count). The normalized spacial score (nSPS) is 12.7. The monoisotopic (exact) mass is 320 g/mol. The van der Waals surface area contributed by atoms with E-state index in [1.807, 2.05) is 12.1 Å². The zero-order valence-electron chi connectivity index (χ0n) is 9.89. The summed E-state index contributed by atoms with van der Waals surface area (Å²) in [5.41, 5.74) is 2.44. The molecule has 20 heavy (non-hydrogen) atoms. The molecule has 0 saturated heterocycles. The van der Waals surface area contributed by atoms with E-state index < -0.39 is 0 Å². The number of benzene rings is 1. The van der Waals surface area contributed by atoms with Crippen LogP contribution in [0.15, 0.2) is 40.4 Å². The van der Waals surface area contributed by atoms with Gasteiger partial charge in [-0.1, -0.05) is 23.2 Å². The summed E-state index contributed by atoms with van der Waals surface area (Å²) in [5.74, 6) is 0.710. The highest BCUT2D eigenvalue weighted by atomic mass is 35.5. The number of halogens is 2. The predicted octanol–water partition coefficient (Wildman–Crippen LogP) is 4.54. The van der Waals surface area contributed by atoms with E-state index in [1.165, 1.54) is 11.8 Å². The van der Waals surface area contributed by atoms with Crippen LogP contribution in [0, 0.1) is 0 Å². The number of nitrogens with zero attached hydrogens (tertiary/aromatic N) is 3. The molecule has 1 aliphatic heterocycles. The molecule has 0 bridgehead atoms. The highest BCUT2D eigenvalue weighted by Crippen LogP contribution is 2.42. The maximum Gasteiger partial charge on any atom is 0.164 e. The fraction of sp³-hybridized carbons (Fsp3) is 0. The Kier molecular flexibility index (Phi) is 2.73. The number of hydrogen-bond acceptors (Lipinski definition) is 5. The third kappa shape index (κ3) is 1.98. The minimum atomic E-state index is 0.460. The summed E-state index contributed by atoms with van der Waals surface area (Å²) >= 11 is 13.3. The molecular weight excluding hydrogens is 315 g/mol. The summed E-state index contributed by atoms with van der Waals surface area (Å²) in [5, 5.41) is 5.90. The van der Waals surface area contributed by atoms with Gasteiger partial charge >= 0.3 is 0 Å². The van der Waals surface area contributed by atoms with E-state index >= 15 is 0 Å². The second-order valence-corrected chi connectivity index (χ2v) is 6.03. The first-order valence-electron chi connectivity index (χ1n) is 5.78. The molecule has 1 N–H and O–H groups in total.